The van der Waals surface area contributed by atoms with Crippen molar-refractivity contribution in [1.82, 2.24) is 0 Å². The van der Waals surface area contributed by atoms with Gasteiger partial charge in [0.05, 0.1) is 14.2 Å². The summed E-state index contributed by atoms with van der Waals surface area (Å²) >= 11 is 0. The van der Waals surface area contributed by atoms with Crippen LogP contribution in [0.4, 0.5) is 0 Å². The minimum absolute atomic E-state index is 0.724. The highest BCUT2D eigenvalue weighted by atomic mass is 16.5. The predicted molar refractivity (Wildman–Crippen MR) is 105 cm³/mol. The number of methoxy groups -OCH3 is 2. The van der Waals surface area contributed by atoms with E-state index in [0.717, 1.165) is 44.9 Å². The Bertz CT molecular complexity index is 1060. The van der Waals surface area contributed by atoms with Crippen LogP contribution in [0.3, 0.4) is 0 Å². The molecular weight excluding hydrogens is 324 g/mol. The summed E-state index contributed by atoms with van der Waals surface area (Å²) in [5.74, 6) is 2.33. The average molecular weight is 344 g/mol. The van der Waals surface area contributed by atoms with E-state index in [2.05, 4.69) is 55.5 Å². The van der Waals surface area contributed by atoms with E-state index in [1.807, 2.05) is 18.2 Å². The van der Waals surface area contributed by atoms with Gasteiger partial charge in [0.1, 0.15) is 11.3 Å². The summed E-state index contributed by atoms with van der Waals surface area (Å²) in [6.45, 7) is 2.07. The molecule has 26 heavy (non-hydrogen) atoms. The zero-order chi connectivity index (χ0) is 18.1. The largest absolute Gasteiger partial charge is 0.493 e. The molecule has 130 valence electrons. The summed E-state index contributed by atoms with van der Waals surface area (Å²) in [6, 6.07) is 22.6. The summed E-state index contributed by atoms with van der Waals surface area (Å²) in [6.07, 6.45) is 0. The summed E-state index contributed by atoms with van der Waals surface area (Å²) in [5, 5.41) is 1.12. The number of hydrogen-bond donors (Lipinski definition) is 0. The lowest BCUT2D eigenvalue weighted by molar-refractivity contribution is 0.355. The summed E-state index contributed by atoms with van der Waals surface area (Å²) in [5.41, 5.74) is 5.37. The van der Waals surface area contributed by atoms with Gasteiger partial charge in [-0.3, -0.25) is 0 Å². The molecule has 1 heterocycles. The normalized spacial score (nSPS) is 10.9. The van der Waals surface area contributed by atoms with Gasteiger partial charge in [-0.1, -0.05) is 42.5 Å². The molecule has 4 rings (SSSR count). The first-order valence-corrected chi connectivity index (χ1v) is 8.51. The minimum atomic E-state index is 0.724. The molecule has 0 saturated carbocycles. The summed E-state index contributed by atoms with van der Waals surface area (Å²) in [7, 11) is 3.29. The molecule has 0 atom stereocenters. The van der Waals surface area contributed by atoms with E-state index < -0.39 is 0 Å². The molecule has 0 amide bonds. The lowest BCUT2D eigenvalue weighted by Crippen LogP contribution is -1.90. The monoisotopic (exact) mass is 344 g/mol. The van der Waals surface area contributed by atoms with Crippen molar-refractivity contribution in [3.63, 3.8) is 0 Å². The topological polar surface area (TPSA) is 31.6 Å². The fraction of sp³-hybridized carbons (Fsp3) is 0.130. The molecule has 0 bridgehead atoms. The van der Waals surface area contributed by atoms with Gasteiger partial charge in [0.15, 0.2) is 11.5 Å². The Balaban J connectivity index is 1.67. The van der Waals surface area contributed by atoms with Crippen molar-refractivity contribution in [3.05, 3.63) is 72.3 Å². The van der Waals surface area contributed by atoms with Crippen molar-refractivity contribution in [2.75, 3.05) is 14.2 Å². The van der Waals surface area contributed by atoms with Crippen molar-refractivity contribution in [2.24, 2.45) is 0 Å². The van der Waals surface area contributed by atoms with Gasteiger partial charge in [-0.05, 0) is 47.9 Å². The first-order valence-electron chi connectivity index (χ1n) is 8.51. The van der Waals surface area contributed by atoms with Gasteiger partial charge < -0.3 is 13.9 Å². The highest BCUT2D eigenvalue weighted by molar-refractivity contribution is 5.83. The van der Waals surface area contributed by atoms with Crippen LogP contribution in [0.1, 0.15) is 5.56 Å². The van der Waals surface area contributed by atoms with Gasteiger partial charge in [-0.2, -0.15) is 0 Å². The number of aryl methyl sites for hydroxylation is 1. The predicted octanol–water partition coefficient (Wildman–Crippen LogP) is 6.09. The van der Waals surface area contributed by atoms with E-state index in [0.29, 0.717) is 0 Å². The van der Waals surface area contributed by atoms with Crippen LogP contribution in [-0.2, 0) is 0 Å². The zero-order valence-corrected chi connectivity index (χ0v) is 15.1. The average Bonchev–Trinajstić information content (AvgIpc) is 3.10. The SMILES string of the molecule is COc1ccc(-c2ccc(-c3cc4ccc(C)cc4o3)cc2)cc1OC. The van der Waals surface area contributed by atoms with Crippen LogP contribution in [0.25, 0.3) is 33.4 Å². The van der Waals surface area contributed by atoms with Gasteiger partial charge in [0, 0.05) is 10.9 Å². The molecule has 0 fully saturated rings. The van der Waals surface area contributed by atoms with E-state index in [-0.39, 0.29) is 0 Å². The highest BCUT2D eigenvalue weighted by Crippen LogP contribution is 2.34. The second kappa shape index (κ2) is 6.60. The number of rotatable bonds is 4. The van der Waals surface area contributed by atoms with Crippen molar-refractivity contribution in [3.8, 4) is 33.9 Å². The Kier molecular flexibility index (Phi) is 4.13. The molecule has 0 aliphatic carbocycles. The number of benzene rings is 3. The van der Waals surface area contributed by atoms with E-state index >= 15 is 0 Å². The molecule has 0 aliphatic heterocycles. The summed E-state index contributed by atoms with van der Waals surface area (Å²) < 4.78 is 16.7. The molecule has 1 aromatic heterocycles. The second-order valence-electron chi connectivity index (χ2n) is 6.30. The van der Waals surface area contributed by atoms with Crippen LogP contribution in [0.15, 0.2) is 71.1 Å². The van der Waals surface area contributed by atoms with Crippen molar-refractivity contribution < 1.29 is 13.9 Å². The van der Waals surface area contributed by atoms with E-state index in [9.17, 15) is 0 Å². The highest BCUT2D eigenvalue weighted by Gasteiger charge is 2.09. The Morgan fingerprint density at radius 1 is 0.654 bits per heavy atom. The maximum atomic E-state index is 6.01. The quantitative estimate of drug-likeness (QED) is 0.449. The molecule has 0 saturated heterocycles. The number of ether oxygens (including phenoxy) is 2. The number of fused-ring (bicyclic) bond motifs is 1. The molecule has 0 radical (unpaired) electrons. The van der Waals surface area contributed by atoms with Crippen molar-refractivity contribution in [1.29, 1.82) is 0 Å². The third-order valence-electron chi connectivity index (χ3n) is 4.56. The molecule has 4 aromatic rings. The van der Waals surface area contributed by atoms with Crippen molar-refractivity contribution >= 4 is 11.0 Å². The maximum absolute atomic E-state index is 6.01. The van der Waals surface area contributed by atoms with Crippen LogP contribution in [-0.4, -0.2) is 14.2 Å². The molecule has 3 heteroatoms. The Hall–Kier alpha value is -3.20. The first kappa shape index (κ1) is 16.3. The Labute approximate surface area is 152 Å². The lowest BCUT2D eigenvalue weighted by atomic mass is 10.0. The van der Waals surface area contributed by atoms with Gasteiger partial charge in [-0.15, -0.1) is 0 Å². The minimum Gasteiger partial charge on any atom is -0.493 e. The standard InChI is InChI=1S/C23H20O3/c1-15-4-5-19-14-22(26-21(19)12-15)17-8-6-16(7-9-17)18-10-11-20(24-2)23(13-18)25-3/h4-14H,1-3H3. The third-order valence-corrected chi connectivity index (χ3v) is 4.56. The molecule has 0 N–H and O–H groups in total. The molecule has 3 aromatic carbocycles. The fourth-order valence-electron chi connectivity index (χ4n) is 3.12. The van der Waals surface area contributed by atoms with E-state index in [1.165, 1.54) is 5.56 Å². The Morgan fingerprint density at radius 2 is 1.35 bits per heavy atom. The molecule has 0 aliphatic rings. The molecular formula is C23H20O3. The zero-order valence-electron chi connectivity index (χ0n) is 15.1. The van der Waals surface area contributed by atoms with Crippen LogP contribution in [0.5, 0.6) is 11.5 Å². The maximum Gasteiger partial charge on any atom is 0.161 e. The van der Waals surface area contributed by atoms with E-state index in [1.54, 1.807) is 14.2 Å². The van der Waals surface area contributed by atoms with Crippen LogP contribution in [0.2, 0.25) is 0 Å². The molecule has 0 spiro atoms. The second-order valence-corrected chi connectivity index (χ2v) is 6.30. The Morgan fingerprint density at radius 3 is 2.08 bits per heavy atom. The van der Waals surface area contributed by atoms with Crippen LogP contribution in [0, 0.1) is 6.92 Å². The third kappa shape index (κ3) is 2.93. The smallest absolute Gasteiger partial charge is 0.161 e. The number of furan rings is 1. The van der Waals surface area contributed by atoms with Crippen LogP contribution < -0.4 is 9.47 Å². The van der Waals surface area contributed by atoms with Gasteiger partial charge in [0.25, 0.3) is 0 Å². The van der Waals surface area contributed by atoms with Gasteiger partial charge in [-0.25, -0.2) is 0 Å². The van der Waals surface area contributed by atoms with E-state index in [4.69, 9.17) is 13.9 Å². The van der Waals surface area contributed by atoms with Crippen LogP contribution >= 0.6 is 0 Å². The van der Waals surface area contributed by atoms with Gasteiger partial charge >= 0.3 is 0 Å². The summed E-state index contributed by atoms with van der Waals surface area (Å²) in [4.78, 5) is 0. The van der Waals surface area contributed by atoms with Crippen molar-refractivity contribution in [2.45, 2.75) is 6.92 Å². The lowest BCUT2D eigenvalue weighted by Gasteiger charge is -2.10. The molecule has 3 nitrogen and oxygen atoms in total. The number of hydrogen-bond acceptors (Lipinski definition) is 3. The fourth-order valence-corrected chi connectivity index (χ4v) is 3.12. The molecule has 0 unspecified atom stereocenters. The van der Waals surface area contributed by atoms with Gasteiger partial charge in [0.2, 0.25) is 0 Å². The first-order chi connectivity index (χ1) is 12.7.